The van der Waals surface area contributed by atoms with Crippen LogP contribution in [0.5, 0.6) is 0 Å². The number of aromatic amines is 1. The molecule has 2 N–H and O–H groups in total. The van der Waals surface area contributed by atoms with Crippen molar-refractivity contribution in [1.29, 1.82) is 0 Å². The Morgan fingerprint density at radius 1 is 1.60 bits per heavy atom. The van der Waals surface area contributed by atoms with Crippen LogP contribution in [0.4, 0.5) is 5.82 Å². The molecule has 0 aliphatic carbocycles. The second-order valence-corrected chi connectivity index (χ2v) is 4.65. The zero-order valence-corrected chi connectivity index (χ0v) is 10.6. The van der Waals surface area contributed by atoms with Crippen molar-refractivity contribution in [1.82, 2.24) is 9.97 Å². The molecule has 0 fully saturated rings. The number of nitrogens with zero attached hydrogens (tertiary/aromatic N) is 1. The molecule has 1 aromatic rings. The molecule has 0 aliphatic rings. The highest BCUT2D eigenvalue weighted by atomic mass is 79.9. The fourth-order valence-electron chi connectivity index (χ4n) is 1.22. The lowest BCUT2D eigenvalue weighted by atomic mass is 10.1. The lowest BCUT2D eigenvalue weighted by molar-refractivity contribution is 0.566. The molecule has 0 saturated carbocycles. The summed E-state index contributed by atoms with van der Waals surface area (Å²) in [5.74, 6) is 1.32. The molecule has 0 amide bonds. The third-order valence-corrected chi connectivity index (χ3v) is 2.78. The molecule has 0 aliphatic heterocycles. The maximum absolute atomic E-state index is 11.2. The summed E-state index contributed by atoms with van der Waals surface area (Å²) in [4.78, 5) is 17.7. The highest BCUT2D eigenvalue weighted by molar-refractivity contribution is 9.10. The molecule has 4 nitrogen and oxygen atoms in total. The summed E-state index contributed by atoms with van der Waals surface area (Å²) in [6.45, 7) is 5.23. The molecule has 5 heteroatoms. The SMILES string of the molecule is CC(C)CCCNc1nc[nH]c(=O)c1Br. The van der Waals surface area contributed by atoms with Crippen LogP contribution in [0.1, 0.15) is 26.7 Å². The fraction of sp³-hybridized carbons (Fsp3) is 0.600. The minimum absolute atomic E-state index is 0.156. The largest absolute Gasteiger partial charge is 0.369 e. The number of halogens is 1. The van der Waals surface area contributed by atoms with E-state index in [-0.39, 0.29) is 5.56 Å². The summed E-state index contributed by atoms with van der Waals surface area (Å²) >= 11 is 3.19. The molecule has 0 radical (unpaired) electrons. The summed E-state index contributed by atoms with van der Waals surface area (Å²) in [5, 5.41) is 3.13. The van der Waals surface area contributed by atoms with Gasteiger partial charge in [0.15, 0.2) is 0 Å². The van der Waals surface area contributed by atoms with Gasteiger partial charge in [0.1, 0.15) is 10.3 Å². The number of anilines is 1. The van der Waals surface area contributed by atoms with Crippen LogP contribution in [0.2, 0.25) is 0 Å². The predicted molar refractivity (Wildman–Crippen MR) is 65.1 cm³/mol. The minimum Gasteiger partial charge on any atom is -0.369 e. The Labute approximate surface area is 97.6 Å². The number of hydrogen-bond acceptors (Lipinski definition) is 3. The molecule has 15 heavy (non-hydrogen) atoms. The predicted octanol–water partition coefficient (Wildman–Crippen LogP) is 2.38. The standard InChI is InChI=1S/C10H16BrN3O/c1-7(2)4-3-5-12-9-8(11)10(15)14-6-13-9/h6-7H,3-5H2,1-2H3,(H2,12,13,14,15). The van der Waals surface area contributed by atoms with E-state index in [9.17, 15) is 4.79 Å². The third kappa shape index (κ3) is 4.03. The van der Waals surface area contributed by atoms with E-state index in [4.69, 9.17) is 0 Å². The van der Waals surface area contributed by atoms with E-state index >= 15 is 0 Å². The smallest absolute Gasteiger partial charge is 0.267 e. The van der Waals surface area contributed by atoms with Gasteiger partial charge in [0.05, 0.1) is 6.33 Å². The van der Waals surface area contributed by atoms with E-state index in [1.54, 1.807) is 0 Å². The van der Waals surface area contributed by atoms with Crippen molar-refractivity contribution in [3.63, 3.8) is 0 Å². The third-order valence-electron chi connectivity index (χ3n) is 2.05. The quantitative estimate of drug-likeness (QED) is 0.810. The Balaban J connectivity index is 2.44. The lowest BCUT2D eigenvalue weighted by Gasteiger charge is -2.07. The molecule has 0 bridgehead atoms. The Hall–Kier alpha value is -0.840. The van der Waals surface area contributed by atoms with Gasteiger partial charge in [-0.25, -0.2) is 4.98 Å². The van der Waals surface area contributed by atoms with Crippen molar-refractivity contribution in [3.8, 4) is 0 Å². The van der Waals surface area contributed by atoms with Gasteiger partial charge in [-0.05, 0) is 34.7 Å². The number of aromatic nitrogens is 2. The molecule has 1 heterocycles. The number of H-pyrrole nitrogens is 1. The van der Waals surface area contributed by atoms with Gasteiger partial charge in [-0.2, -0.15) is 0 Å². The normalized spacial score (nSPS) is 10.7. The first-order chi connectivity index (χ1) is 7.11. The summed E-state index contributed by atoms with van der Waals surface area (Å²) in [5.41, 5.74) is -0.156. The average molecular weight is 274 g/mol. The Bertz CT molecular complexity index is 362. The zero-order chi connectivity index (χ0) is 11.3. The van der Waals surface area contributed by atoms with Crippen LogP contribution in [0.25, 0.3) is 0 Å². The van der Waals surface area contributed by atoms with Crippen molar-refractivity contribution < 1.29 is 0 Å². The van der Waals surface area contributed by atoms with Crippen LogP contribution in [0, 0.1) is 5.92 Å². The number of nitrogens with one attached hydrogen (secondary N) is 2. The molecule has 84 valence electrons. The van der Waals surface area contributed by atoms with E-state index in [0.717, 1.165) is 13.0 Å². The van der Waals surface area contributed by atoms with Gasteiger partial charge in [0.2, 0.25) is 0 Å². The second kappa shape index (κ2) is 5.90. The van der Waals surface area contributed by atoms with E-state index in [1.165, 1.54) is 12.7 Å². The molecule has 0 atom stereocenters. The van der Waals surface area contributed by atoms with Crippen molar-refractivity contribution in [3.05, 3.63) is 21.2 Å². The summed E-state index contributed by atoms with van der Waals surface area (Å²) in [7, 11) is 0. The number of hydrogen-bond donors (Lipinski definition) is 2. The van der Waals surface area contributed by atoms with Crippen molar-refractivity contribution in [2.24, 2.45) is 5.92 Å². The van der Waals surface area contributed by atoms with Gasteiger partial charge < -0.3 is 10.3 Å². The minimum atomic E-state index is -0.156. The molecule has 0 aromatic carbocycles. The first-order valence-corrected chi connectivity index (χ1v) is 5.87. The Morgan fingerprint density at radius 3 is 3.00 bits per heavy atom. The zero-order valence-electron chi connectivity index (χ0n) is 9.01. The van der Waals surface area contributed by atoms with Crippen molar-refractivity contribution in [2.75, 3.05) is 11.9 Å². The highest BCUT2D eigenvalue weighted by Crippen LogP contribution is 2.13. The molecule has 0 saturated heterocycles. The van der Waals surface area contributed by atoms with Gasteiger partial charge in [-0.1, -0.05) is 13.8 Å². The second-order valence-electron chi connectivity index (χ2n) is 3.86. The first kappa shape index (κ1) is 12.2. The van der Waals surface area contributed by atoms with E-state index in [1.807, 2.05) is 0 Å². The lowest BCUT2D eigenvalue weighted by Crippen LogP contribution is -2.13. The van der Waals surface area contributed by atoms with Crippen molar-refractivity contribution >= 4 is 21.7 Å². The topological polar surface area (TPSA) is 57.8 Å². The summed E-state index contributed by atoms with van der Waals surface area (Å²) < 4.78 is 0.467. The van der Waals surface area contributed by atoms with E-state index in [0.29, 0.717) is 16.2 Å². The van der Waals surface area contributed by atoms with Crippen LogP contribution in [-0.4, -0.2) is 16.5 Å². The summed E-state index contributed by atoms with van der Waals surface area (Å²) in [6, 6.07) is 0. The maximum atomic E-state index is 11.2. The van der Waals surface area contributed by atoms with Gasteiger partial charge in [-0.15, -0.1) is 0 Å². The van der Waals surface area contributed by atoms with E-state index < -0.39 is 0 Å². The van der Waals surface area contributed by atoms with Crippen molar-refractivity contribution in [2.45, 2.75) is 26.7 Å². The Morgan fingerprint density at radius 2 is 2.33 bits per heavy atom. The average Bonchev–Trinajstić information content (AvgIpc) is 2.18. The van der Waals surface area contributed by atoms with E-state index in [2.05, 4.69) is 45.1 Å². The molecule has 0 unspecified atom stereocenters. The maximum Gasteiger partial charge on any atom is 0.267 e. The first-order valence-electron chi connectivity index (χ1n) is 5.08. The fourth-order valence-corrected chi connectivity index (χ4v) is 1.58. The van der Waals surface area contributed by atoms with Crippen LogP contribution in [0.3, 0.4) is 0 Å². The monoisotopic (exact) mass is 273 g/mol. The van der Waals surface area contributed by atoms with Crippen LogP contribution < -0.4 is 10.9 Å². The molecule has 1 aromatic heterocycles. The molecule has 1 rings (SSSR count). The van der Waals surface area contributed by atoms with Crippen LogP contribution >= 0.6 is 15.9 Å². The van der Waals surface area contributed by atoms with Crippen LogP contribution in [0.15, 0.2) is 15.6 Å². The number of rotatable bonds is 5. The Kier molecular flexibility index (Phi) is 4.81. The highest BCUT2D eigenvalue weighted by Gasteiger charge is 2.03. The van der Waals surface area contributed by atoms with Gasteiger partial charge in [0, 0.05) is 6.54 Å². The van der Waals surface area contributed by atoms with Crippen LogP contribution in [-0.2, 0) is 0 Å². The van der Waals surface area contributed by atoms with Gasteiger partial charge >= 0.3 is 0 Å². The summed E-state index contributed by atoms with van der Waals surface area (Å²) in [6.07, 6.45) is 3.66. The molecular formula is C10H16BrN3O. The van der Waals surface area contributed by atoms with Gasteiger partial charge in [0.25, 0.3) is 5.56 Å². The van der Waals surface area contributed by atoms with Gasteiger partial charge in [-0.3, -0.25) is 4.79 Å². The molecule has 0 spiro atoms. The molecular weight excluding hydrogens is 258 g/mol.